The fourth-order valence-electron chi connectivity index (χ4n) is 0.966. The number of aromatic nitrogens is 1. The van der Waals surface area contributed by atoms with Gasteiger partial charge in [-0.15, -0.1) is 0 Å². The molecular formula is C9H11N3. The predicted octanol–water partition coefficient (Wildman–Crippen LogP) is 1.30. The quantitative estimate of drug-likeness (QED) is 0.485. The molecule has 0 aliphatic rings. The molecule has 1 heterocycles. The van der Waals surface area contributed by atoms with Gasteiger partial charge in [0.25, 0.3) is 0 Å². The van der Waals surface area contributed by atoms with E-state index in [-0.39, 0.29) is 0 Å². The van der Waals surface area contributed by atoms with Crippen LogP contribution in [0.4, 0.5) is 0 Å². The van der Waals surface area contributed by atoms with Crippen LogP contribution < -0.4 is 0 Å². The van der Waals surface area contributed by atoms with Crippen molar-refractivity contribution in [2.75, 3.05) is 7.05 Å². The fourth-order valence-corrected chi connectivity index (χ4v) is 0.966. The van der Waals surface area contributed by atoms with Gasteiger partial charge in [-0.05, 0) is 19.1 Å². The van der Waals surface area contributed by atoms with E-state index in [1.54, 1.807) is 11.9 Å². The highest BCUT2D eigenvalue weighted by atomic mass is 15.1. The molecule has 3 nitrogen and oxygen atoms in total. The van der Waals surface area contributed by atoms with Crippen molar-refractivity contribution in [1.29, 1.82) is 5.26 Å². The highest BCUT2D eigenvalue weighted by molar-refractivity contribution is 5.10. The minimum atomic E-state index is 0.582. The molecule has 0 spiro atoms. The summed E-state index contributed by atoms with van der Waals surface area (Å²) in [6, 6.07) is 5.81. The largest absolute Gasteiger partial charge is 0.308 e. The van der Waals surface area contributed by atoms with E-state index in [4.69, 9.17) is 5.26 Å². The van der Waals surface area contributed by atoms with E-state index in [1.807, 2.05) is 31.3 Å². The van der Waals surface area contributed by atoms with E-state index in [2.05, 4.69) is 4.98 Å². The Kier molecular flexibility index (Phi) is 2.65. The van der Waals surface area contributed by atoms with Crippen LogP contribution in [0, 0.1) is 18.4 Å². The Balaban J connectivity index is 2.71. The molecular weight excluding hydrogens is 150 g/mol. The molecule has 0 aliphatic carbocycles. The van der Waals surface area contributed by atoms with Gasteiger partial charge in [-0.25, -0.2) is 0 Å². The molecule has 0 N–H and O–H groups in total. The zero-order valence-electron chi connectivity index (χ0n) is 7.28. The second kappa shape index (κ2) is 3.72. The summed E-state index contributed by atoms with van der Waals surface area (Å²) in [6.45, 7) is 2.52. The molecule has 12 heavy (non-hydrogen) atoms. The summed E-state index contributed by atoms with van der Waals surface area (Å²) < 4.78 is 0. The molecule has 0 fully saturated rings. The van der Waals surface area contributed by atoms with Crippen molar-refractivity contribution in [2.24, 2.45) is 0 Å². The van der Waals surface area contributed by atoms with Crippen LogP contribution in [0.3, 0.4) is 0 Å². The van der Waals surface area contributed by atoms with Gasteiger partial charge in [-0.1, -0.05) is 6.07 Å². The maximum Gasteiger partial charge on any atom is 0.179 e. The third kappa shape index (κ3) is 2.24. The van der Waals surface area contributed by atoms with Gasteiger partial charge in [-0.2, -0.15) is 5.26 Å². The average Bonchev–Trinajstić information content (AvgIpc) is 2.04. The number of nitrogens with zero attached hydrogens (tertiary/aromatic N) is 3. The summed E-state index contributed by atoms with van der Waals surface area (Å²) in [4.78, 5) is 5.81. The van der Waals surface area contributed by atoms with Crippen molar-refractivity contribution in [3.05, 3.63) is 29.6 Å². The van der Waals surface area contributed by atoms with Crippen LogP contribution in [0.1, 0.15) is 11.4 Å². The van der Waals surface area contributed by atoms with Crippen molar-refractivity contribution in [1.82, 2.24) is 9.88 Å². The summed E-state index contributed by atoms with van der Waals surface area (Å²) >= 11 is 0. The SMILES string of the molecule is Cc1cccc(CN(C)C#N)n1. The van der Waals surface area contributed by atoms with Crippen LogP contribution in [0.2, 0.25) is 0 Å². The van der Waals surface area contributed by atoms with Crippen LogP contribution in [-0.4, -0.2) is 16.9 Å². The van der Waals surface area contributed by atoms with Gasteiger partial charge in [0.15, 0.2) is 6.19 Å². The molecule has 0 aromatic carbocycles. The van der Waals surface area contributed by atoms with E-state index in [1.165, 1.54) is 0 Å². The lowest BCUT2D eigenvalue weighted by molar-refractivity contribution is 0.462. The van der Waals surface area contributed by atoms with Crippen LogP contribution in [0.25, 0.3) is 0 Å². The van der Waals surface area contributed by atoms with Gasteiger partial charge in [-0.3, -0.25) is 4.98 Å². The van der Waals surface area contributed by atoms with Gasteiger partial charge < -0.3 is 4.90 Å². The Labute approximate surface area is 72.3 Å². The van der Waals surface area contributed by atoms with Crippen molar-refractivity contribution in [2.45, 2.75) is 13.5 Å². The number of aryl methyl sites for hydroxylation is 1. The predicted molar refractivity (Wildman–Crippen MR) is 46.1 cm³/mol. The Hall–Kier alpha value is -1.56. The number of hydrogen-bond acceptors (Lipinski definition) is 3. The summed E-state index contributed by atoms with van der Waals surface area (Å²) in [5.41, 5.74) is 1.91. The van der Waals surface area contributed by atoms with Gasteiger partial charge >= 0.3 is 0 Å². The lowest BCUT2D eigenvalue weighted by Crippen LogP contribution is -2.11. The van der Waals surface area contributed by atoms with E-state index in [0.717, 1.165) is 11.4 Å². The highest BCUT2D eigenvalue weighted by Crippen LogP contribution is 2.00. The van der Waals surface area contributed by atoms with Gasteiger partial charge in [0.1, 0.15) is 0 Å². The monoisotopic (exact) mass is 161 g/mol. The lowest BCUT2D eigenvalue weighted by atomic mass is 10.3. The second-order valence-electron chi connectivity index (χ2n) is 2.73. The molecule has 0 bridgehead atoms. The maximum absolute atomic E-state index is 8.51. The minimum absolute atomic E-state index is 0.582. The molecule has 3 heteroatoms. The standard InChI is InChI=1S/C9H11N3/c1-8-4-3-5-9(11-8)6-12(2)7-10/h3-5H,6H2,1-2H3. The first-order valence-electron chi connectivity index (χ1n) is 3.76. The van der Waals surface area contributed by atoms with E-state index in [9.17, 15) is 0 Å². The van der Waals surface area contributed by atoms with Crippen LogP contribution in [0.15, 0.2) is 18.2 Å². The first kappa shape index (κ1) is 8.54. The van der Waals surface area contributed by atoms with Gasteiger partial charge in [0, 0.05) is 12.7 Å². The zero-order valence-corrected chi connectivity index (χ0v) is 7.28. The Bertz CT molecular complexity index is 301. The summed E-state index contributed by atoms with van der Waals surface area (Å²) in [6.07, 6.45) is 2.03. The van der Waals surface area contributed by atoms with Crippen molar-refractivity contribution < 1.29 is 0 Å². The molecule has 0 atom stereocenters. The molecule has 0 saturated carbocycles. The number of nitriles is 1. The molecule has 0 amide bonds. The number of rotatable bonds is 2. The molecule has 1 aromatic heterocycles. The van der Waals surface area contributed by atoms with Gasteiger partial charge in [0.2, 0.25) is 0 Å². The Morgan fingerprint density at radius 2 is 2.33 bits per heavy atom. The van der Waals surface area contributed by atoms with Crippen molar-refractivity contribution in [3.8, 4) is 6.19 Å². The van der Waals surface area contributed by atoms with Gasteiger partial charge in [0.05, 0.1) is 12.2 Å². The van der Waals surface area contributed by atoms with Crippen molar-refractivity contribution >= 4 is 0 Å². The zero-order chi connectivity index (χ0) is 8.97. The number of hydrogen-bond donors (Lipinski definition) is 0. The van der Waals surface area contributed by atoms with Crippen LogP contribution in [0.5, 0.6) is 0 Å². The summed E-state index contributed by atoms with van der Waals surface area (Å²) in [5, 5.41) is 8.51. The maximum atomic E-state index is 8.51. The lowest BCUT2D eigenvalue weighted by Gasteiger charge is -2.07. The van der Waals surface area contributed by atoms with E-state index < -0.39 is 0 Å². The molecule has 1 rings (SSSR count). The smallest absolute Gasteiger partial charge is 0.179 e. The number of pyridine rings is 1. The van der Waals surface area contributed by atoms with Crippen LogP contribution in [-0.2, 0) is 6.54 Å². The minimum Gasteiger partial charge on any atom is -0.308 e. The summed E-state index contributed by atoms with van der Waals surface area (Å²) in [5.74, 6) is 0. The average molecular weight is 161 g/mol. The molecule has 62 valence electrons. The summed E-state index contributed by atoms with van der Waals surface area (Å²) in [7, 11) is 1.74. The van der Waals surface area contributed by atoms with E-state index in [0.29, 0.717) is 6.54 Å². The van der Waals surface area contributed by atoms with Crippen molar-refractivity contribution in [3.63, 3.8) is 0 Å². The normalized spacial score (nSPS) is 9.08. The highest BCUT2D eigenvalue weighted by Gasteiger charge is 1.97. The molecule has 1 aromatic rings. The first-order valence-corrected chi connectivity index (χ1v) is 3.76. The third-order valence-corrected chi connectivity index (χ3v) is 1.52. The first-order chi connectivity index (χ1) is 5.72. The third-order valence-electron chi connectivity index (χ3n) is 1.52. The molecule has 0 unspecified atom stereocenters. The molecule has 0 aliphatic heterocycles. The second-order valence-corrected chi connectivity index (χ2v) is 2.73. The van der Waals surface area contributed by atoms with Crippen LogP contribution >= 0.6 is 0 Å². The molecule has 0 radical (unpaired) electrons. The topological polar surface area (TPSA) is 39.9 Å². The Morgan fingerprint density at radius 1 is 1.58 bits per heavy atom. The molecule has 0 saturated heterocycles. The van der Waals surface area contributed by atoms with E-state index >= 15 is 0 Å². The Morgan fingerprint density at radius 3 is 2.92 bits per heavy atom. The fraction of sp³-hybridized carbons (Fsp3) is 0.333.